The minimum absolute atomic E-state index is 0.197. The summed E-state index contributed by atoms with van der Waals surface area (Å²) in [6.45, 7) is 0.197. The zero-order chi connectivity index (χ0) is 13.1. The summed E-state index contributed by atoms with van der Waals surface area (Å²) in [5.41, 5.74) is 7.13. The van der Waals surface area contributed by atoms with E-state index in [1.54, 1.807) is 7.05 Å². The van der Waals surface area contributed by atoms with E-state index in [0.29, 0.717) is 5.69 Å². The third-order valence-corrected chi connectivity index (χ3v) is 2.91. The van der Waals surface area contributed by atoms with Crippen molar-refractivity contribution < 1.29 is 9.53 Å². The second-order valence-corrected chi connectivity index (χ2v) is 4.69. The van der Waals surface area contributed by atoms with Crippen molar-refractivity contribution in [3.8, 4) is 0 Å². The summed E-state index contributed by atoms with van der Waals surface area (Å²) < 4.78 is 7.53. The molecule has 0 saturated heterocycles. The predicted molar refractivity (Wildman–Crippen MR) is 70.9 cm³/mol. The molecule has 1 heterocycles. The molecule has 5 nitrogen and oxygen atoms in total. The van der Waals surface area contributed by atoms with Crippen LogP contribution in [0.5, 0.6) is 0 Å². The van der Waals surface area contributed by atoms with E-state index in [1.165, 1.54) is 10.9 Å². The summed E-state index contributed by atoms with van der Waals surface area (Å²) in [6.07, 6.45) is 1.43. The van der Waals surface area contributed by atoms with Gasteiger partial charge in [0.2, 0.25) is 0 Å². The number of halogens is 1. The fourth-order valence-electron chi connectivity index (χ4n) is 1.55. The molecule has 6 heteroatoms. The van der Waals surface area contributed by atoms with Crippen LogP contribution in [0.3, 0.4) is 0 Å². The summed E-state index contributed by atoms with van der Waals surface area (Å²) in [5, 5.41) is 3.89. The van der Waals surface area contributed by atoms with Crippen molar-refractivity contribution in [1.82, 2.24) is 9.78 Å². The molecule has 0 fully saturated rings. The molecule has 2 aromatic rings. The molecular weight excluding hydrogens is 298 g/mol. The minimum Gasteiger partial charge on any atom is -0.456 e. The molecule has 1 aromatic heterocycles. The smallest absolute Gasteiger partial charge is 0.359 e. The zero-order valence-electron chi connectivity index (χ0n) is 9.76. The second-order valence-electron chi connectivity index (χ2n) is 3.78. The van der Waals surface area contributed by atoms with Crippen LogP contribution < -0.4 is 5.73 Å². The largest absolute Gasteiger partial charge is 0.456 e. The number of nitrogens with zero attached hydrogens (tertiary/aromatic N) is 2. The number of hydrogen-bond donors (Lipinski definition) is 1. The van der Waals surface area contributed by atoms with Gasteiger partial charge in [-0.25, -0.2) is 4.79 Å². The predicted octanol–water partition coefficient (Wildman–Crippen LogP) is 2.12. The Hall–Kier alpha value is -1.82. The first kappa shape index (κ1) is 12.6. The molecule has 1 aromatic carbocycles. The molecule has 18 heavy (non-hydrogen) atoms. The third kappa shape index (κ3) is 2.70. The Labute approximate surface area is 113 Å². The lowest BCUT2D eigenvalue weighted by atomic mass is 10.2. The van der Waals surface area contributed by atoms with Crippen molar-refractivity contribution in [1.29, 1.82) is 0 Å². The maximum Gasteiger partial charge on any atom is 0.359 e. The van der Waals surface area contributed by atoms with E-state index < -0.39 is 5.97 Å². The van der Waals surface area contributed by atoms with Gasteiger partial charge in [0.1, 0.15) is 6.61 Å². The molecule has 0 bridgehead atoms. The highest BCUT2D eigenvalue weighted by Crippen LogP contribution is 2.15. The Morgan fingerprint density at radius 2 is 2.33 bits per heavy atom. The van der Waals surface area contributed by atoms with Crippen molar-refractivity contribution in [3.05, 3.63) is 46.2 Å². The fourth-order valence-corrected chi connectivity index (χ4v) is 2.00. The number of carbonyl (C=O) groups is 1. The van der Waals surface area contributed by atoms with E-state index in [2.05, 4.69) is 21.0 Å². The van der Waals surface area contributed by atoms with Gasteiger partial charge in [-0.2, -0.15) is 5.10 Å². The SMILES string of the molecule is Cn1ncc(N)c1C(=O)OCc1cccc(Br)c1. The van der Waals surface area contributed by atoms with Crippen LogP contribution in [0.1, 0.15) is 16.1 Å². The van der Waals surface area contributed by atoms with Gasteiger partial charge >= 0.3 is 5.97 Å². The van der Waals surface area contributed by atoms with Crippen LogP contribution >= 0.6 is 15.9 Å². The monoisotopic (exact) mass is 309 g/mol. The number of aryl methyl sites for hydroxylation is 1. The van der Waals surface area contributed by atoms with Crippen molar-refractivity contribution in [3.63, 3.8) is 0 Å². The first-order valence-electron chi connectivity index (χ1n) is 5.27. The van der Waals surface area contributed by atoms with Gasteiger partial charge in [-0.05, 0) is 17.7 Å². The van der Waals surface area contributed by atoms with Crippen LogP contribution in [0.2, 0.25) is 0 Å². The topological polar surface area (TPSA) is 70.1 Å². The van der Waals surface area contributed by atoms with E-state index in [-0.39, 0.29) is 12.3 Å². The Morgan fingerprint density at radius 1 is 1.56 bits per heavy atom. The third-order valence-electron chi connectivity index (χ3n) is 2.42. The summed E-state index contributed by atoms with van der Waals surface area (Å²) in [5.74, 6) is -0.479. The number of benzene rings is 1. The lowest BCUT2D eigenvalue weighted by Gasteiger charge is -2.06. The average molecular weight is 310 g/mol. The van der Waals surface area contributed by atoms with E-state index in [4.69, 9.17) is 10.5 Å². The van der Waals surface area contributed by atoms with E-state index in [9.17, 15) is 4.79 Å². The van der Waals surface area contributed by atoms with Gasteiger partial charge in [0, 0.05) is 11.5 Å². The summed E-state index contributed by atoms with van der Waals surface area (Å²) in [4.78, 5) is 11.8. The Kier molecular flexibility index (Phi) is 3.66. The van der Waals surface area contributed by atoms with E-state index in [1.807, 2.05) is 24.3 Å². The maximum absolute atomic E-state index is 11.8. The summed E-state index contributed by atoms with van der Waals surface area (Å²) in [7, 11) is 1.64. The number of anilines is 1. The van der Waals surface area contributed by atoms with Crippen molar-refractivity contribution in [2.75, 3.05) is 5.73 Å². The summed E-state index contributed by atoms with van der Waals surface area (Å²) in [6, 6.07) is 7.56. The highest BCUT2D eigenvalue weighted by atomic mass is 79.9. The number of nitrogens with two attached hydrogens (primary N) is 1. The fraction of sp³-hybridized carbons (Fsp3) is 0.167. The standard InChI is InChI=1S/C12H12BrN3O2/c1-16-11(10(14)6-15-16)12(17)18-7-8-3-2-4-9(13)5-8/h2-6H,7,14H2,1H3. The van der Waals surface area contributed by atoms with Gasteiger partial charge in [-0.1, -0.05) is 28.1 Å². The first-order valence-corrected chi connectivity index (χ1v) is 6.06. The molecule has 0 saturated carbocycles. The lowest BCUT2D eigenvalue weighted by molar-refractivity contribution is 0.0461. The number of hydrogen-bond acceptors (Lipinski definition) is 4. The number of esters is 1. The molecule has 2 rings (SSSR count). The summed E-state index contributed by atoms with van der Waals surface area (Å²) >= 11 is 3.36. The van der Waals surface area contributed by atoms with Gasteiger partial charge in [0.05, 0.1) is 11.9 Å². The van der Waals surface area contributed by atoms with Gasteiger partial charge in [-0.15, -0.1) is 0 Å². The normalized spacial score (nSPS) is 10.3. The van der Waals surface area contributed by atoms with Crippen LogP contribution in [0.4, 0.5) is 5.69 Å². The molecular formula is C12H12BrN3O2. The first-order chi connectivity index (χ1) is 8.58. The van der Waals surface area contributed by atoms with Gasteiger partial charge < -0.3 is 10.5 Å². The number of aromatic nitrogens is 2. The van der Waals surface area contributed by atoms with Crippen LogP contribution in [0, 0.1) is 0 Å². The molecule has 0 spiro atoms. The quantitative estimate of drug-likeness (QED) is 0.882. The molecule has 0 unspecified atom stereocenters. The number of nitrogen functional groups attached to an aromatic ring is 1. The lowest BCUT2D eigenvalue weighted by Crippen LogP contribution is -2.12. The molecule has 0 aliphatic heterocycles. The van der Waals surface area contributed by atoms with Crippen molar-refractivity contribution >= 4 is 27.6 Å². The van der Waals surface area contributed by atoms with Crippen LogP contribution in [0.25, 0.3) is 0 Å². The van der Waals surface area contributed by atoms with Gasteiger partial charge in [0.15, 0.2) is 5.69 Å². The van der Waals surface area contributed by atoms with E-state index in [0.717, 1.165) is 10.0 Å². The molecule has 0 atom stereocenters. The Bertz CT molecular complexity index is 561. The van der Waals surface area contributed by atoms with Crippen LogP contribution in [-0.4, -0.2) is 15.7 Å². The van der Waals surface area contributed by atoms with Crippen molar-refractivity contribution in [2.24, 2.45) is 7.05 Å². The van der Waals surface area contributed by atoms with Crippen LogP contribution in [-0.2, 0) is 18.4 Å². The molecule has 0 amide bonds. The highest BCUT2D eigenvalue weighted by Gasteiger charge is 2.16. The van der Waals surface area contributed by atoms with Crippen molar-refractivity contribution in [2.45, 2.75) is 6.61 Å². The molecule has 2 N–H and O–H groups in total. The molecule has 0 aliphatic rings. The maximum atomic E-state index is 11.8. The molecule has 0 aliphatic carbocycles. The number of carbonyl (C=O) groups excluding carboxylic acids is 1. The van der Waals surface area contributed by atoms with Crippen LogP contribution in [0.15, 0.2) is 34.9 Å². The average Bonchev–Trinajstić information content (AvgIpc) is 2.66. The highest BCUT2D eigenvalue weighted by molar-refractivity contribution is 9.10. The van der Waals surface area contributed by atoms with Gasteiger partial charge in [0.25, 0.3) is 0 Å². The molecule has 94 valence electrons. The number of rotatable bonds is 3. The Morgan fingerprint density at radius 3 is 2.94 bits per heavy atom. The second kappa shape index (κ2) is 5.22. The van der Waals surface area contributed by atoms with E-state index >= 15 is 0 Å². The zero-order valence-corrected chi connectivity index (χ0v) is 11.3. The van der Waals surface area contributed by atoms with Gasteiger partial charge in [-0.3, -0.25) is 4.68 Å². The number of ether oxygens (including phenoxy) is 1. The molecule has 0 radical (unpaired) electrons. The Balaban J connectivity index is 2.05. The minimum atomic E-state index is -0.479.